The number of aliphatic hydroxyl groups excluding tert-OH is 1. The van der Waals surface area contributed by atoms with Crippen LogP contribution < -0.4 is 0 Å². The van der Waals surface area contributed by atoms with E-state index in [1.165, 1.54) is 44.1 Å². The molecule has 4 rings (SSSR count). The minimum absolute atomic E-state index is 0.103. The van der Waals surface area contributed by atoms with Gasteiger partial charge in [0.05, 0.1) is 6.10 Å². The molecule has 0 radical (unpaired) electrons. The third-order valence-corrected chi connectivity index (χ3v) is 7.63. The van der Waals surface area contributed by atoms with Gasteiger partial charge < -0.3 is 5.11 Å². The van der Waals surface area contributed by atoms with Crippen LogP contribution in [0.15, 0.2) is 23.8 Å². The standard InChI is InChI=1S/C20H30O/c1-13-10-16-15-8-7-14-6-4-5-9-20(14,3)18(15)17(21)12-19(16,2)11-13/h6,15-18,21H,1,4-5,7-12H2,2-3H3/t15-,16-,17+,18+,19-,20-/m0/s1. The Labute approximate surface area is 129 Å². The highest BCUT2D eigenvalue weighted by Crippen LogP contribution is 2.65. The fourth-order valence-corrected chi connectivity index (χ4v) is 6.87. The number of fused-ring (bicyclic) bond motifs is 5. The van der Waals surface area contributed by atoms with Crippen molar-refractivity contribution < 1.29 is 5.11 Å². The molecule has 0 aromatic rings. The first-order valence-corrected chi connectivity index (χ1v) is 8.98. The van der Waals surface area contributed by atoms with Crippen LogP contribution in [0.4, 0.5) is 0 Å². The molecule has 0 bridgehead atoms. The van der Waals surface area contributed by atoms with Gasteiger partial charge in [-0.15, -0.1) is 0 Å². The smallest absolute Gasteiger partial charge is 0.0584 e. The molecule has 4 aliphatic rings. The topological polar surface area (TPSA) is 20.2 Å². The average Bonchev–Trinajstić information content (AvgIpc) is 2.71. The summed E-state index contributed by atoms with van der Waals surface area (Å²) in [6, 6.07) is 0. The van der Waals surface area contributed by atoms with Gasteiger partial charge >= 0.3 is 0 Å². The van der Waals surface area contributed by atoms with Crippen molar-refractivity contribution in [3.8, 4) is 0 Å². The quantitative estimate of drug-likeness (QED) is 0.630. The first-order valence-electron chi connectivity index (χ1n) is 8.98. The van der Waals surface area contributed by atoms with Crippen LogP contribution in [0.5, 0.6) is 0 Å². The molecule has 1 N–H and O–H groups in total. The van der Waals surface area contributed by atoms with E-state index in [0.29, 0.717) is 11.3 Å². The summed E-state index contributed by atoms with van der Waals surface area (Å²) in [5.74, 6) is 2.00. The highest BCUT2D eigenvalue weighted by Gasteiger charge is 2.59. The third-order valence-electron chi connectivity index (χ3n) is 7.63. The zero-order chi connectivity index (χ0) is 14.8. The van der Waals surface area contributed by atoms with Crippen molar-refractivity contribution in [1.29, 1.82) is 0 Å². The van der Waals surface area contributed by atoms with Crippen molar-refractivity contribution in [2.24, 2.45) is 28.6 Å². The van der Waals surface area contributed by atoms with Gasteiger partial charge in [0.2, 0.25) is 0 Å². The summed E-state index contributed by atoms with van der Waals surface area (Å²) in [4.78, 5) is 0. The van der Waals surface area contributed by atoms with Crippen LogP contribution in [0.25, 0.3) is 0 Å². The lowest BCUT2D eigenvalue weighted by molar-refractivity contribution is -0.118. The first kappa shape index (κ1) is 14.1. The molecule has 0 aliphatic heterocycles. The normalized spacial score (nSPS) is 52.7. The van der Waals surface area contributed by atoms with Crippen molar-refractivity contribution in [3.05, 3.63) is 23.8 Å². The average molecular weight is 286 g/mol. The Balaban J connectivity index is 1.74. The second kappa shape index (κ2) is 4.47. The lowest BCUT2D eigenvalue weighted by Gasteiger charge is -2.59. The lowest BCUT2D eigenvalue weighted by Crippen LogP contribution is -2.55. The number of hydrogen-bond donors (Lipinski definition) is 1. The largest absolute Gasteiger partial charge is 0.393 e. The van der Waals surface area contributed by atoms with Crippen molar-refractivity contribution >= 4 is 0 Å². The van der Waals surface area contributed by atoms with Gasteiger partial charge in [-0.25, -0.2) is 0 Å². The molecule has 21 heavy (non-hydrogen) atoms. The van der Waals surface area contributed by atoms with E-state index in [1.807, 2.05) is 0 Å². The van der Waals surface area contributed by atoms with Crippen molar-refractivity contribution in [3.63, 3.8) is 0 Å². The number of hydrogen-bond acceptors (Lipinski definition) is 1. The van der Waals surface area contributed by atoms with Gasteiger partial charge in [-0.05, 0) is 80.0 Å². The summed E-state index contributed by atoms with van der Waals surface area (Å²) in [5, 5.41) is 11.1. The molecule has 0 unspecified atom stereocenters. The maximum atomic E-state index is 11.1. The van der Waals surface area contributed by atoms with E-state index in [0.717, 1.165) is 24.7 Å². The van der Waals surface area contributed by atoms with E-state index < -0.39 is 0 Å². The summed E-state index contributed by atoms with van der Waals surface area (Å²) in [6.07, 6.45) is 12.2. The van der Waals surface area contributed by atoms with Crippen LogP contribution >= 0.6 is 0 Å². The maximum Gasteiger partial charge on any atom is 0.0584 e. The molecule has 3 saturated carbocycles. The minimum Gasteiger partial charge on any atom is -0.393 e. The molecule has 0 aromatic carbocycles. The van der Waals surface area contributed by atoms with E-state index in [4.69, 9.17) is 0 Å². The van der Waals surface area contributed by atoms with E-state index in [1.54, 1.807) is 5.57 Å². The molecule has 0 aromatic heterocycles. The fourth-order valence-electron chi connectivity index (χ4n) is 6.87. The molecule has 6 atom stereocenters. The van der Waals surface area contributed by atoms with E-state index in [9.17, 15) is 5.11 Å². The summed E-state index contributed by atoms with van der Waals surface area (Å²) in [7, 11) is 0. The van der Waals surface area contributed by atoms with E-state index >= 15 is 0 Å². The van der Waals surface area contributed by atoms with Crippen molar-refractivity contribution in [2.45, 2.75) is 71.3 Å². The Hall–Kier alpha value is -0.560. The summed E-state index contributed by atoms with van der Waals surface area (Å²) < 4.78 is 0. The number of allylic oxidation sites excluding steroid dienone is 3. The number of rotatable bonds is 0. The first-order chi connectivity index (χ1) is 9.94. The zero-order valence-corrected chi connectivity index (χ0v) is 13.7. The molecular weight excluding hydrogens is 256 g/mol. The van der Waals surface area contributed by atoms with E-state index in [-0.39, 0.29) is 11.5 Å². The summed E-state index contributed by atoms with van der Waals surface area (Å²) in [5.41, 5.74) is 3.72. The van der Waals surface area contributed by atoms with Crippen LogP contribution in [0.3, 0.4) is 0 Å². The monoisotopic (exact) mass is 286 g/mol. The summed E-state index contributed by atoms with van der Waals surface area (Å²) in [6.45, 7) is 9.18. The van der Waals surface area contributed by atoms with Gasteiger partial charge in [0.15, 0.2) is 0 Å². The SMILES string of the molecule is C=C1C[C@H]2[C@@H]3CCC4=CCCC[C@]4(C)[C@H]3[C@H](O)C[C@]2(C)C1. The fraction of sp³-hybridized carbons (Fsp3) is 0.800. The summed E-state index contributed by atoms with van der Waals surface area (Å²) >= 11 is 0. The Morgan fingerprint density at radius 2 is 2.14 bits per heavy atom. The Bertz CT molecular complexity index is 504. The van der Waals surface area contributed by atoms with Crippen LogP contribution in [-0.2, 0) is 0 Å². The third kappa shape index (κ3) is 1.86. The molecule has 116 valence electrons. The van der Waals surface area contributed by atoms with Crippen LogP contribution in [0.1, 0.15) is 65.2 Å². The molecule has 0 spiro atoms. The lowest BCUT2D eigenvalue weighted by atomic mass is 9.47. The van der Waals surface area contributed by atoms with Crippen molar-refractivity contribution in [2.75, 3.05) is 0 Å². The Morgan fingerprint density at radius 3 is 2.95 bits per heavy atom. The van der Waals surface area contributed by atoms with Crippen LogP contribution in [-0.4, -0.2) is 11.2 Å². The van der Waals surface area contributed by atoms with Gasteiger partial charge in [0.1, 0.15) is 0 Å². The molecule has 1 nitrogen and oxygen atoms in total. The minimum atomic E-state index is -0.103. The van der Waals surface area contributed by atoms with Gasteiger partial charge in [-0.3, -0.25) is 0 Å². The second-order valence-corrected chi connectivity index (χ2v) is 8.93. The maximum absolute atomic E-state index is 11.1. The molecule has 0 saturated heterocycles. The van der Waals surface area contributed by atoms with Crippen molar-refractivity contribution in [1.82, 2.24) is 0 Å². The molecule has 0 heterocycles. The predicted octanol–water partition coefficient (Wildman–Crippen LogP) is 4.87. The Kier molecular flexibility index (Phi) is 2.99. The number of aliphatic hydroxyl groups is 1. The molecular formula is C20H30O. The molecule has 3 fully saturated rings. The van der Waals surface area contributed by atoms with Gasteiger partial charge in [-0.2, -0.15) is 0 Å². The van der Waals surface area contributed by atoms with Crippen LogP contribution in [0.2, 0.25) is 0 Å². The molecule has 4 aliphatic carbocycles. The van der Waals surface area contributed by atoms with E-state index in [2.05, 4.69) is 26.5 Å². The highest BCUT2D eigenvalue weighted by molar-refractivity contribution is 5.26. The van der Waals surface area contributed by atoms with Gasteiger partial charge in [-0.1, -0.05) is 37.6 Å². The zero-order valence-electron chi connectivity index (χ0n) is 13.7. The Morgan fingerprint density at radius 1 is 1.33 bits per heavy atom. The molecule has 1 heteroatoms. The second-order valence-electron chi connectivity index (χ2n) is 8.93. The van der Waals surface area contributed by atoms with Gasteiger partial charge in [0, 0.05) is 0 Å². The molecule has 0 amide bonds. The van der Waals surface area contributed by atoms with Crippen LogP contribution in [0, 0.1) is 28.6 Å². The highest BCUT2D eigenvalue weighted by atomic mass is 16.3. The van der Waals surface area contributed by atoms with Gasteiger partial charge in [0.25, 0.3) is 0 Å². The predicted molar refractivity (Wildman–Crippen MR) is 86.8 cm³/mol.